The first-order valence-electron chi connectivity index (χ1n) is 6.79. The largest absolute Gasteiger partial charge is 0.253 e. The van der Waals surface area contributed by atoms with Gasteiger partial charge in [0.2, 0.25) is 0 Å². The monoisotopic (exact) mass is 369 g/mol. The van der Waals surface area contributed by atoms with Gasteiger partial charge in [0, 0.05) is 17.3 Å². The summed E-state index contributed by atoms with van der Waals surface area (Å²) in [4.78, 5) is 12.8. The summed E-state index contributed by atoms with van der Waals surface area (Å²) in [6, 6.07) is 11.9. The van der Waals surface area contributed by atoms with Crippen LogP contribution < -0.4 is 0 Å². The van der Waals surface area contributed by atoms with Crippen molar-refractivity contribution in [2.24, 2.45) is 0 Å². The molecule has 4 rings (SSSR count). The van der Waals surface area contributed by atoms with Gasteiger partial charge < -0.3 is 0 Å². The summed E-state index contributed by atoms with van der Waals surface area (Å²) in [5.74, 6) is 0.199. The molecule has 0 saturated heterocycles. The van der Waals surface area contributed by atoms with Gasteiger partial charge in [-0.25, -0.2) is 14.4 Å². The summed E-state index contributed by atoms with van der Waals surface area (Å²) in [5.41, 5.74) is 3.27. The van der Waals surface area contributed by atoms with Gasteiger partial charge in [-0.05, 0) is 58.4 Å². The van der Waals surface area contributed by atoms with Gasteiger partial charge >= 0.3 is 0 Å². The average molecular weight is 370 g/mol. The number of pyridine rings is 1. The summed E-state index contributed by atoms with van der Waals surface area (Å²) < 4.78 is 15.5. The van der Waals surface area contributed by atoms with E-state index in [4.69, 9.17) is 0 Å². The fourth-order valence-corrected chi connectivity index (χ4v) is 2.71. The highest BCUT2D eigenvalue weighted by Gasteiger charge is 2.11. The molecule has 1 aromatic carbocycles. The number of rotatable bonds is 2. The minimum Gasteiger partial charge on any atom is -0.249 e. The molecule has 112 valence electrons. The second kappa shape index (κ2) is 5.51. The smallest absolute Gasteiger partial charge is 0.249 e. The molecule has 0 radical (unpaired) electrons. The highest BCUT2D eigenvalue weighted by molar-refractivity contribution is 9.10. The molecule has 0 spiro atoms. The number of halogens is 2. The number of hydrogen-bond acceptors (Lipinski definition) is 4. The predicted molar refractivity (Wildman–Crippen MR) is 87.1 cm³/mol. The lowest BCUT2D eigenvalue weighted by Crippen LogP contribution is -1.99. The maximum absolute atomic E-state index is 13.1. The van der Waals surface area contributed by atoms with Crippen LogP contribution in [0, 0.1) is 5.82 Å². The lowest BCUT2D eigenvalue weighted by molar-refractivity contribution is 0.628. The van der Waals surface area contributed by atoms with Crippen LogP contribution in [0.4, 0.5) is 4.39 Å². The van der Waals surface area contributed by atoms with Crippen LogP contribution in [0.25, 0.3) is 28.3 Å². The fourth-order valence-electron chi connectivity index (χ4n) is 2.35. The van der Waals surface area contributed by atoms with Crippen LogP contribution in [0.5, 0.6) is 0 Å². The number of benzene rings is 1. The number of nitrogens with zero attached hydrogens (tertiary/aromatic N) is 5. The van der Waals surface area contributed by atoms with E-state index < -0.39 is 0 Å². The van der Waals surface area contributed by atoms with Crippen molar-refractivity contribution >= 4 is 21.7 Å². The normalized spacial score (nSPS) is 11.0. The van der Waals surface area contributed by atoms with Crippen LogP contribution >= 0.6 is 15.9 Å². The molecular formula is C16H9BrFN5. The van der Waals surface area contributed by atoms with Crippen LogP contribution in [0.1, 0.15) is 0 Å². The van der Waals surface area contributed by atoms with E-state index in [1.165, 1.54) is 18.5 Å². The van der Waals surface area contributed by atoms with E-state index in [-0.39, 0.29) is 5.82 Å². The number of hydrogen-bond donors (Lipinski definition) is 0. The fraction of sp³-hybridized carbons (Fsp3) is 0. The van der Waals surface area contributed by atoms with Crippen LogP contribution in [-0.2, 0) is 0 Å². The maximum Gasteiger partial charge on any atom is 0.253 e. The maximum atomic E-state index is 13.1. The molecule has 0 fully saturated rings. The molecule has 23 heavy (non-hydrogen) atoms. The third-order valence-corrected chi connectivity index (χ3v) is 3.85. The van der Waals surface area contributed by atoms with Crippen molar-refractivity contribution in [3.05, 3.63) is 65.4 Å². The minimum absolute atomic E-state index is 0.282. The molecule has 0 atom stereocenters. The molecule has 4 aromatic rings. The van der Waals surface area contributed by atoms with Crippen molar-refractivity contribution in [3.8, 4) is 22.5 Å². The zero-order valence-electron chi connectivity index (χ0n) is 11.7. The van der Waals surface area contributed by atoms with Crippen LogP contribution in [0.2, 0.25) is 0 Å². The second-order valence-corrected chi connectivity index (χ2v) is 5.69. The van der Waals surface area contributed by atoms with Crippen molar-refractivity contribution in [3.63, 3.8) is 0 Å². The van der Waals surface area contributed by atoms with Gasteiger partial charge in [0.15, 0.2) is 0 Å². The molecular weight excluding hydrogens is 361 g/mol. The Hall–Kier alpha value is -2.67. The summed E-state index contributed by atoms with van der Waals surface area (Å²) in [5, 5.41) is 4.22. The summed E-state index contributed by atoms with van der Waals surface area (Å²) >= 11 is 3.37. The Kier molecular flexibility index (Phi) is 3.34. The highest BCUT2D eigenvalue weighted by atomic mass is 79.9. The lowest BCUT2D eigenvalue weighted by atomic mass is 10.1. The molecule has 0 saturated carbocycles. The molecule has 0 aliphatic carbocycles. The van der Waals surface area contributed by atoms with Crippen LogP contribution in [0.3, 0.4) is 0 Å². The van der Waals surface area contributed by atoms with E-state index in [1.54, 1.807) is 22.8 Å². The standard InChI is InChI=1S/C16H9BrFN5/c17-15-7-11(5-6-19-15)14-8-13(10-1-3-12(18)4-2-10)22-16-20-9-21-23(14)16/h1-9H. The van der Waals surface area contributed by atoms with Gasteiger partial charge in [0.25, 0.3) is 5.78 Å². The Morgan fingerprint density at radius 3 is 2.57 bits per heavy atom. The van der Waals surface area contributed by atoms with E-state index in [2.05, 4.69) is 36.0 Å². The van der Waals surface area contributed by atoms with Crippen LogP contribution in [-0.4, -0.2) is 24.6 Å². The van der Waals surface area contributed by atoms with E-state index in [0.29, 0.717) is 11.5 Å². The molecule has 3 heterocycles. The van der Waals surface area contributed by atoms with Gasteiger partial charge in [-0.2, -0.15) is 14.6 Å². The molecule has 3 aromatic heterocycles. The number of aromatic nitrogens is 5. The SMILES string of the molecule is Fc1ccc(-c2cc(-c3ccnc(Br)c3)n3ncnc3n2)cc1. The Labute approximate surface area is 139 Å². The molecule has 7 heteroatoms. The molecule has 0 aliphatic rings. The zero-order valence-corrected chi connectivity index (χ0v) is 13.3. The van der Waals surface area contributed by atoms with Crippen molar-refractivity contribution < 1.29 is 4.39 Å². The zero-order chi connectivity index (χ0) is 15.8. The minimum atomic E-state index is -0.282. The quantitative estimate of drug-likeness (QED) is 0.505. The highest BCUT2D eigenvalue weighted by Crippen LogP contribution is 2.26. The van der Waals surface area contributed by atoms with E-state index in [0.717, 1.165) is 21.4 Å². The summed E-state index contributed by atoms with van der Waals surface area (Å²) in [7, 11) is 0. The summed E-state index contributed by atoms with van der Waals surface area (Å²) in [6.07, 6.45) is 3.16. The van der Waals surface area contributed by atoms with Gasteiger partial charge in [-0.3, -0.25) is 0 Å². The Bertz CT molecular complexity index is 997. The third-order valence-electron chi connectivity index (χ3n) is 3.41. The number of fused-ring (bicyclic) bond motifs is 1. The molecule has 0 amide bonds. The Balaban J connectivity index is 1.96. The summed E-state index contributed by atoms with van der Waals surface area (Å²) in [6.45, 7) is 0. The van der Waals surface area contributed by atoms with Crippen molar-refractivity contribution in [2.45, 2.75) is 0 Å². The Morgan fingerprint density at radius 2 is 1.78 bits per heavy atom. The Morgan fingerprint density at radius 1 is 0.957 bits per heavy atom. The van der Waals surface area contributed by atoms with E-state index >= 15 is 0 Å². The molecule has 0 N–H and O–H groups in total. The molecule has 0 aliphatic heterocycles. The van der Waals surface area contributed by atoms with Gasteiger partial charge in [-0.1, -0.05) is 0 Å². The van der Waals surface area contributed by atoms with Gasteiger partial charge in [0.1, 0.15) is 16.7 Å². The van der Waals surface area contributed by atoms with Crippen molar-refractivity contribution in [1.82, 2.24) is 24.6 Å². The first-order valence-corrected chi connectivity index (χ1v) is 7.59. The average Bonchev–Trinajstić information content (AvgIpc) is 3.03. The topological polar surface area (TPSA) is 56.0 Å². The molecule has 0 bridgehead atoms. The predicted octanol–water partition coefficient (Wildman–Crippen LogP) is 3.75. The first-order chi connectivity index (χ1) is 11.2. The lowest BCUT2D eigenvalue weighted by Gasteiger charge is -2.08. The van der Waals surface area contributed by atoms with E-state index in [9.17, 15) is 4.39 Å². The molecule has 5 nitrogen and oxygen atoms in total. The van der Waals surface area contributed by atoms with E-state index in [1.807, 2.05) is 18.2 Å². The first kappa shape index (κ1) is 14.0. The second-order valence-electron chi connectivity index (χ2n) is 4.87. The third kappa shape index (κ3) is 2.59. The van der Waals surface area contributed by atoms with Gasteiger partial charge in [-0.15, -0.1) is 0 Å². The van der Waals surface area contributed by atoms with Crippen molar-refractivity contribution in [2.75, 3.05) is 0 Å². The molecule has 0 unspecified atom stereocenters. The van der Waals surface area contributed by atoms with Crippen LogP contribution in [0.15, 0.2) is 59.6 Å². The van der Waals surface area contributed by atoms with Gasteiger partial charge in [0.05, 0.1) is 11.4 Å². The van der Waals surface area contributed by atoms with Crippen molar-refractivity contribution in [1.29, 1.82) is 0 Å².